The van der Waals surface area contributed by atoms with Crippen molar-refractivity contribution in [3.63, 3.8) is 0 Å². The van der Waals surface area contributed by atoms with Crippen LogP contribution < -0.4 is 10.9 Å². The Morgan fingerprint density at radius 1 is 1.10 bits per heavy atom. The lowest BCUT2D eigenvalue weighted by Gasteiger charge is -2.32. The topological polar surface area (TPSA) is 67.2 Å². The number of urea groups is 1. The van der Waals surface area contributed by atoms with Gasteiger partial charge in [0.2, 0.25) is 0 Å². The van der Waals surface area contributed by atoms with Crippen LogP contribution >= 0.6 is 0 Å². The first kappa shape index (κ1) is 21.6. The van der Waals surface area contributed by atoms with E-state index in [2.05, 4.69) is 12.2 Å². The van der Waals surface area contributed by atoms with Crippen molar-refractivity contribution in [2.24, 2.45) is 7.05 Å². The molecule has 2 amide bonds. The quantitative estimate of drug-likeness (QED) is 0.603. The predicted molar refractivity (Wildman–Crippen MR) is 120 cm³/mol. The molecule has 0 fully saturated rings. The highest BCUT2D eigenvalue weighted by atomic mass is 16.2. The Hall–Kier alpha value is -3.15. The lowest BCUT2D eigenvalue weighted by atomic mass is 10.1. The van der Waals surface area contributed by atoms with Gasteiger partial charge in [-0.3, -0.25) is 9.36 Å². The summed E-state index contributed by atoms with van der Waals surface area (Å²) in [4.78, 5) is 32.6. The summed E-state index contributed by atoms with van der Waals surface area (Å²) in [7, 11) is 1.74. The first-order valence-corrected chi connectivity index (χ1v) is 10.6. The highest BCUT2D eigenvalue weighted by molar-refractivity contribution is 5.78. The van der Waals surface area contributed by atoms with Gasteiger partial charge in [-0.2, -0.15) is 0 Å². The molecule has 3 aromatic rings. The molecule has 2 aromatic carbocycles. The molecule has 1 atom stereocenters. The van der Waals surface area contributed by atoms with Gasteiger partial charge in [-0.15, -0.1) is 0 Å². The number of hydrogen-bond acceptors (Lipinski definition) is 3. The van der Waals surface area contributed by atoms with Gasteiger partial charge in [0.1, 0.15) is 5.82 Å². The molecule has 0 saturated heterocycles. The maximum Gasteiger partial charge on any atom is 0.318 e. The molecule has 1 unspecified atom stereocenters. The average molecular weight is 407 g/mol. The number of unbranched alkanes of at least 4 members (excludes halogenated alkanes) is 1. The van der Waals surface area contributed by atoms with Gasteiger partial charge < -0.3 is 10.2 Å². The lowest BCUT2D eigenvalue weighted by molar-refractivity contribution is 0.165. The fourth-order valence-corrected chi connectivity index (χ4v) is 3.68. The molecule has 0 bridgehead atoms. The van der Waals surface area contributed by atoms with E-state index in [9.17, 15) is 9.59 Å². The minimum atomic E-state index is -0.283. The molecule has 0 radical (unpaired) electrons. The molecule has 30 heavy (non-hydrogen) atoms. The number of hydrogen-bond donors (Lipinski definition) is 1. The second-order valence-electron chi connectivity index (χ2n) is 7.47. The fourth-order valence-electron chi connectivity index (χ4n) is 3.68. The van der Waals surface area contributed by atoms with Crippen LogP contribution in [0.15, 0.2) is 59.4 Å². The number of carbonyl (C=O) groups is 1. The smallest absolute Gasteiger partial charge is 0.318 e. The zero-order chi connectivity index (χ0) is 21.5. The Balaban J connectivity index is 1.93. The normalized spacial score (nSPS) is 12.0. The third kappa shape index (κ3) is 4.70. The minimum Gasteiger partial charge on any atom is -0.334 e. The SMILES string of the molecule is CCCCN(C(=O)NCc1ccccc1)C(CC)c1nc2ccccc2c(=O)n1C. The number of carbonyl (C=O) groups excluding carboxylic acids is 1. The lowest BCUT2D eigenvalue weighted by Crippen LogP contribution is -2.44. The summed E-state index contributed by atoms with van der Waals surface area (Å²) >= 11 is 0. The van der Waals surface area contributed by atoms with Crippen molar-refractivity contribution in [2.45, 2.75) is 45.7 Å². The van der Waals surface area contributed by atoms with E-state index >= 15 is 0 Å². The average Bonchev–Trinajstić information content (AvgIpc) is 2.78. The molecule has 1 heterocycles. The van der Waals surface area contributed by atoms with Gasteiger partial charge >= 0.3 is 6.03 Å². The van der Waals surface area contributed by atoms with Crippen molar-refractivity contribution < 1.29 is 4.79 Å². The number of aromatic nitrogens is 2. The van der Waals surface area contributed by atoms with E-state index in [4.69, 9.17) is 4.98 Å². The Morgan fingerprint density at radius 3 is 2.50 bits per heavy atom. The molecule has 1 N–H and O–H groups in total. The number of amides is 2. The van der Waals surface area contributed by atoms with Crippen LogP contribution in [0.3, 0.4) is 0 Å². The number of benzene rings is 2. The third-order valence-electron chi connectivity index (χ3n) is 5.38. The van der Waals surface area contributed by atoms with Gasteiger partial charge in [0.05, 0.1) is 16.9 Å². The Kier molecular flexibility index (Phi) is 7.22. The van der Waals surface area contributed by atoms with Gasteiger partial charge in [0, 0.05) is 20.1 Å². The molecule has 1 aromatic heterocycles. The third-order valence-corrected chi connectivity index (χ3v) is 5.38. The van der Waals surface area contributed by atoms with Crippen LogP contribution in [0.4, 0.5) is 4.79 Å². The van der Waals surface area contributed by atoms with Crippen molar-refractivity contribution in [3.8, 4) is 0 Å². The number of rotatable bonds is 8. The Labute approximate surface area is 177 Å². The first-order chi connectivity index (χ1) is 14.6. The van der Waals surface area contributed by atoms with E-state index in [0.717, 1.165) is 18.4 Å². The summed E-state index contributed by atoms with van der Waals surface area (Å²) in [5.41, 5.74) is 1.62. The molecular formula is C24H30N4O2. The number of nitrogens with one attached hydrogen (secondary N) is 1. The van der Waals surface area contributed by atoms with Crippen LogP contribution in [0.5, 0.6) is 0 Å². The summed E-state index contributed by atoms with van der Waals surface area (Å²) in [6.07, 6.45) is 2.53. The molecule has 0 saturated carbocycles. The van der Waals surface area contributed by atoms with E-state index in [1.165, 1.54) is 0 Å². The van der Waals surface area contributed by atoms with E-state index in [1.54, 1.807) is 17.7 Å². The maximum atomic E-state index is 13.2. The summed E-state index contributed by atoms with van der Waals surface area (Å²) in [5, 5.41) is 3.63. The molecule has 6 heteroatoms. The maximum absolute atomic E-state index is 13.2. The number of fused-ring (bicyclic) bond motifs is 1. The molecule has 0 aliphatic rings. The van der Waals surface area contributed by atoms with Crippen LogP contribution in [0, 0.1) is 0 Å². The molecular weight excluding hydrogens is 376 g/mol. The Morgan fingerprint density at radius 2 is 1.80 bits per heavy atom. The van der Waals surface area contributed by atoms with E-state index < -0.39 is 0 Å². The van der Waals surface area contributed by atoms with Crippen LogP contribution in [-0.4, -0.2) is 27.0 Å². The zero-order valence-electron chi connectivity index (χ0n) is 18.0. The summed E-state index contributed by atoms with van der Waals surface area (Å²) < 4.78 is 1.58. The Bertz CT molecular complexity index is 1050. The van der Waals surface area contributed by atoms with Gasteiger partial charge in [0.15, 0.2) is 0 Å². The minimum absolute atomic E-state index is 0.0887. The van der Waals surface area contributed by atoms with E-state index in [-0.39, 0.29) is 17.6 Å². The zero-order valence-corrected chi connectivity index (χ0v) is 18.0. The van der Waals surface area contributed by atoms with Crippen LogP contribution in [0.2, 0.25) is 0 Å². The molecule has 0 aliphatic carbocycles. The van der Waals surface area contributed by atoms with Gasteiger partial charge in [-0.05, 0) is 30.5 Å². The van der Waals surface area contributed by atoms with Crippen molar-refractivity contribution in [3.05, 3.63) is 76.3 Å². The molecule has 158 valence electrons. The van der Waals surface area contributed by atoms with Crippen molar-refractivity contribution in [2.75, 3.05) is 6.54 Å². The highest BCUT2D eigenvalue weighted by Crippen LogP contribution is 2.24. The second kappa shape index (κ2) is 10.1. The van der Waals surface area contributed by atoms with Gasteiger partial charge in [0.25, 0.3) is 5.56 Å². The van der Waals surface area contributed by atoms with E-state index in [0.29, 0.717) is 36.2 Å². The molecule has 0 spiro atoms. The first-order valence-electron chi connectivity index (χ1n) is 10.6. The largest absolute Gasteiger partial charge is 0.334 e. The fraction of sp³-hybridized carbons (Fsp3) is 0.375. The van der Waals surface area contributed by atoms with E-state index in [1.807, 2.05) is 60.4 Å². The number of nitrogens with zero attached hydrogens (tertiary/aromatic N) is 3. The predicted octanol–water partition coefficient (Wildman–Crippen LogP) is 4.40. The summed E-state index contributed by atoms with van der Waals surface area (Å²) in [6.45, 7) is 5.20. The highest BCUT2D eigenvalue weighted by Gasteiger charge is 2.27. The van der Waals surface area contributed by atoms with Crippen LogP contribution in [0.25, 0.3) is 10.9 Å². The monoisotopic (exact) mass is 406 g/mol. The number of para-hydroxylation sites is 1. The van der Waals surface area contributed by atoms with Crippen molar-refractivity contribution >= 4 is 16.9 Å². The van der Waals surface area contributed by atoms with Crippen LogP contribution in [-0.2, 0) is 13.6 Å². The van der Waals surface area contributed by atoms with Crippen LogP contribution in [0.1, 0.15) is 50.5 Å². The second-order valence-corrected chi connectivity index (χ2v) is 7.47. The van der Waals surface area contributed by atoms with Crippen molar-refractivity contribution in [1.29, 1.82) is 0 Å². The molecule has 6 nitrogen and oxygen atoms in total. The van der Waals surface area contributed by atoms with Gasteiger partial charge in [-0.1, -0.05) is 62.7 Å². The molecule has 0 aliphatic heterocycles. The standard InChI is InChI=1S/C24H30N4O2/c1-4-6-16-28(24(30)25-17-18-12-8-7-9-13-18)21(5-2)22-26-20-15-11-10-14-19(20)23(29)27(22)3/h7-15,21H,4-6,16-17H2,1-3H3,(H,25,30). The summed E-state index contributed by atoms with van der Waals surface area (Å²) in [6, 6.07) is 16.8. The molecule has 3 rings (SSSR count). The summed E-state index contributed by atoms with van der Waals surface area (Å²) in [5.74, 6) is 0.618. The van der Waals surface area contributed by atoms with Crippen molar-refractivity contribution in [1.82, 2.24) is 19.8 Å². The van der Waals surface area contributed by atoms with Gasteiger partial charge in [-0.25, -0.2) is 9.78 Å².